The number of benzene rings is 1. The van der Waals surface area contributed by atoms with Gasteiger partial charge in [-0.1, -0.05) is 6.07 Å². The van der Waals surface area contributed by atoms with Gasteiger partial charge in [0.1, 0.15) is 41.5 Å². The number of ketones is 1. The van der Waals surface area contributed by atoms with Gasteiger partial charge in [-0.2, -0.15) is 0 Å². The summed E-state index contributed by atoms with van der Waals surface area (Å²) < 4.78 is 15.9. The summed E-state index contributed by atoms with van der Waals surface area (Å²) in [5.41, 5.74) is 0.159. The fraction of sp³-hybridized carbons (Fsp3) is 0.533. The number of hydrogen-bond donors (Lipinski definition) is 4. The SMILES string of the molecule is COc1cccc(O[C@@H]2O[C@H](CO)[C@@H](O)[C@H](O)[C@H]2O)c1C(C)=O. The molecule has 0 bridgehead atoms. The van der Waals surface area contributed by atoms with E-state index < -0.39 is 37.3 Å². The van der Waals surface area contributed by atoms with E-state index in [1.165, 1.54) is 20.1 Å². The number of methoxy groups -OCH3 is 1. The van der Waals surface area contributed by atoms with E-state index in [-0.39, 0.29) is 17.1 Å². The number of rotatable bonds is 5. The van der Waals surface area contributed by atoms with Gasteiger partial charge in [0.2, 0.25) is 6.29 Å². The number of aliphatic hydroxyl groups is 4. The highest BCUT2D eigenvalue weighted by molar-refractivity contribution is 5.99. The molecule has 1 aliphatic rings. The van der Waals surface area contributed by atoms with E-state index in [1.54, 1.807) is 12.1 Å². The Balaban J connectivity index is 2.29. The van der Waals surface area contributed by atoms with Crippen molar-refractivity contribution < 1.29 is 39.4 Å². The summed E-state index contributed by atoms with van der Waals surface area (Å²) in [5, 5.41) is 38.7. The number of carbonyl (C=O) groups excluding carboxylic acids is 1. The fourth-order valence-corrected chi connectivity index (χ4v) is 2.42. The largest absolute Gasteiger partial charge is 0.496 e. The molecule has 0 radical (unpaired) electrons. The summed E-state index contributed by atoms with van der Waals surface area (Å²) in [7, 11) is 1.40. The zero-order valence-corrected chi connectivity index (χ0v) is 12.7. The van der Waals surface area contributed by atoms with Crippen LogP contribution in [-0.4, -0.2) is 70.6 Å². The maximum Gasteiger partial charge on any atom is 0.229 e. The number of carbonyl (C=O) groups is 1. The van der Waals surface area contributed by atoms with E-state index >= 15 is 0 Å². The van der Waals surface area contributed by atoms with E-state index in [0.717, 1.165) is 0 Å². The first kappa shape index (κ1) is 17.6. The predicted octanol–water partition coefficient (Wildman–Crippen LogP) is -0.924. The summed E-state index contributed by atoms with van der Waals surface area (Å²) >= 11 is 0. The minimum absolute atomic E-state index is 0.0983. The van der Waals surface area contributed by atoms with Gasteiger partial charge in [-0.15, -0.1) is 0 Å². The monoisotopic (exact) mass is 328 g/mol. The van der Waals surface area contributed by atoms with Gasteiger partial charge in [0.15, 0.2) is 5.78 Å². The molecule has 8 heteroatoms. The Bertz CT molecular complexity index is 558. The highest BCUT2D eigenvalue weighted by Crippen LogP contribution is 2.32. The molecule has 0 unspecified atom stereocenters. The van der Waals surface area contributed by atoms with Crippen molar-refractivity contribution in [2.24, 2.45) is 0 Å². The molecule has 4 N–H and O–H groups in total. The third-order valence-corrected chi connectivity index (χ3v) is 3.65. The second-order valence-corrected chi connectivity index (χ2v) is 5.20. The number of aliphatic hydroxyl groups excluding tert-OH is 4. The third kappa shape index (κ3) is 3.46. The van der Waals surface area contributed by atoms with Gasteiger partial charge in [-0.3, -0.25) is 4.79 Å². The normalized spacial score (nSPS) is 30.8. The van der Waals surface area contributed by atoms with Crippen LogP contribution in [0.1, 0.15) is 17.3 Å². The van der Waals surface area contributed by atoms with Gasteiger partial charge in [0, 0.05) is 0 Å². The van der Waals surface area contributed by atoms with E-state index in [2.05, 4.69) is 0 Å². The lowest BCUT2D eigenvalue weighted by molar-refractivity contribution is -0.277. The average Bonchev–Trinajstić information content (AvgIpc) is 2.54. The Labute approximate surface area is 132 Å². The maximum atomic E-state index is 11.8. The number of ether oxygens (including phenoxy) is 3. The highest BCUT2D eigenvalue weighted by Gasteiger charge is 2.45. The predicted molar refractivity (Wildman–Crippen MR) is 77.4 cm³/mol. The van der Waals surface area contributed by atoms with Crippen molar-refractivity contribution in [3.05, 3.63) is 23.8 Å². The molecule has 1 saturated heterocycles. The Hall–Kier alpha value is -1.71. The van der Waals surface area contributed by atoms with Crippen molar-refractivity contribution in [1.82, 2.24) is 0 Å². The van der Waals surface area contributed by atoms with Gasteiger partial charge in [0.05, 0.1) is 13.7 Å². The van der Waals surface area contributed by atoms with Crippen LogP contribution in [0.2, 0.25) is 0 Å². The Kier molecular flexibility index (Phi) is 5.55. The van der Waals surface area contributed by atoms with Crippen molar-refractivity contribution in [2.45, 2.75) is 37.6 Å². The second-order valence-electron chi connectivity index (χ2n) is 5.20. The quantitative estimate of drug-likeness (QED) is 0.511. The fourth-order valence-electron chi connectivity index (χ4n) is 2.42. The standard InChI is InChI=1S/C15H20O8/c1-7(17)11-8(21-2)4-3-5-9(11)22-15-14(20)13(19)12(18)10(6-16)23-15/h3-5,10,12-16,18-20H,6H2,1-2H3/t10-,12-,13+,14-,15-/m1/s1. The van der Waals surface area contributed by atoms with Crippen LogP contribution in [0.25, 0.3) is 0 Å². The zero-order chi connectivity index (χ0) is 17.1. The van der Waals surface area contributed by atoms with Crippen LogP contribution >= 0.6 is 0 Å². The first-order valence-electron chi connectivity index (χ1n) is 7.05. The van der Waals surface area contributed by atoms with Crippen LogP contribution < -0.4 is 9.47 Å². The second kappa shape index (κ2) is 7.24. The smallest absolute Gasteiger partial charge is 0.229 e. The Morgan fingerprint density at radius 3 is 2.39 bits per heavy atom. The van der Waals surface area contributed by atoms with Crippen molar-refractivity contribution in [3.8, 4) is 11.5 Å². The molecular formula is C15H20O8. The van der Waals surface area contributed by atoms with E-state index in [4.69, 9.17) is 19.3 Å². The summed E-state index contributed by atoms with van der Waals surface area (Å²) in [6.07, 6.45) is -7.05. The van der Waals surface area contributed by atoms with Crippen LogP contribution in [0, 0.1) is 0 Å². The summed E-state index contributed by atoms with van der Waals surface area (Å²) in [6, 6.07) is 4.65. The van der Waals surface area contributed by atoms with E-state index in [1.807, 2.05) is 0 Å². The lowest BCUT2D eigenvalue weighted by atomic mass is 9.99. The van der Waals surface area contributed by atoms with Gasteiger partial charge in [0.25, 0.3) is 0 Å². The lowest BCUT2D eigenvalue weighted by Gasteiger charge is -2.39. The molecule has 2 rings (SSSR count). The topological polar surface area (TPSA) is 126 Å². The highest BCUT2D eigenvalue weighted by atomic mass is 16.7. The summed E-state index contributed by atoms with van der Waals surface area (Å²) in [6.45, 7) is 0.764. The molecule has 0 saturated carbocycles. The zero-order valence-electron chi connectivity index (χ0n) is 12.7. The van der Waals surface area contributed by atoms with E-state index in [0.29, 0.717) is 5.75 Å². The minimum atomic E-state index is -1.56. The van der Waals surface area contributed by atoms with Crippen molar-refractivity contribution in [3.63, 3.8) is 0 Å². The van der Waals surface area contributed by atoms with Crippen LogP contribution in [0.4, 0.5) is 0 Å². The van der Waals surface area contributed by atoms with Crippen LogP contribution in [-0.2, 0) is 4.74 Å². The third-order valence-electron chi connectivity index (χ3n) is 3.65. The van der Waals surface area contributed by atoms with Crippen molar-refractivity contribution in [1.29, 1.82) is 0 Å². The average molecular weight is 328 g/mol. The van der Waals surface area contributed by atoms with Crippen LogP contribution in [0.5, 0.6) is 11.5 Å². The summed E-state index contributed by atoms with van der Waals surface area (Å²) in [5.74, 6) is 0.0720. The van der Waals surface area contributed by atoms with Gasteiger partial charge >= 0.3 is 0 Å². The molecule has 0 spiro atoms. The molecule has 128 valence electrons. The molecule has 23 heavy (non-hydrogen) atoms. The molecule has 1 heterocycles. The van der Waals surface area contributed by atoms with Crippen LogP contribution in [0.3, 0.4) is 0 Å². The molecule has 5 atom stereocenters. The number of Topliss-reactive ketones (excluding diaryl/α,β-unsaturated/α-hetero) is 1. The Morgan fingerprint density at radius 1 is 1.17 bits per heavy atom. The minimum Gasteiger partial charge on any atom is -0.496 e. The maximum absolute atomic E-state index is 11.8. The molecular weight excluding hydrogens is 308 g/mol. The van der Waals surface area contributed by atoms with Gasteiger partial charge < -0.3 is 34.6 Å². The molecule has 1 aromatic rings. The summed E-state index contributed by atoms with van der Waals surface area (Å²) in [4.78, 5) is 11.8. The van der Waals surface area contributed by atoms with Gasteiger partial charge in [-0.25, -0.2) is 0 Å². The molecule has 1 aliphatic heterocycles. The molecule has 0 aliphatic carbocycles. The molecule has 1 aromatic carbocycles. The molecule has 0 amide bonds. The number of hydrogen-bond acceptors (Lipinski definition) is 8. The van der Waals surface area contributed by atoms with Crippen molar-refractivity contribution >= 4 is 5.78 Å². The van der Waals surface area contributed by atoms with Gasteiger partial charge in [-0.05, 0) is 19.1 Å². The Morgan fingerprint density at radius 2 is 1.83 bits per heavy atom. The molecule has 8 nitrogen and oxygen atoms in total. The lowest BCUT2D eigenvalue weighted by Crippen LogP contribution is -2.60. The first-order chi connectivity index (χ1) is 10.9. The van der Waals surface area contributed by atoms with Crippen LogP contribution in [0.15, 0.2) is 18.2 Å². The molecule has 0 aromatic heterocycles. The first-order valence-corrected chi connectivity index (χ1v) is 7.05. The van der Waals surface area contributed by atoms with Crippen molar-refractivity contribution in [2.75, 3.05) is 13.7 Å². The molecule has 1 fully saturated rings. The van der Waals surface area contributed by atoms with E-state index in [9.17, 15) is 20.1 Å².